The highest BCUT2D eigenvalue weighted by Gasteiger charge is 2.35. The van der Waals surface area contributed by atoms with E-state index in [0.717, 1.165) is 34.1 Å². The van der Waals surface area contributed by atoms with E-state index in [1.54, 1.807) is 6.07 Å². The second kappa shape index (κ2) is 7.43. The Labute approximate surface area is 180 Å². The van der Waals surface area contributed by atoms with Gasteiger partial charge in [-0.3, -0.25) is 14.5 Å². The SMILES string of the molecule is CC1=CC(C)(C)N(C)c2cc(F)c(/C=C3/SC(=O)N(Cc4ccccc4)C3=O)cc21. The minimum atomic E-state index is -0.416. The topological polar surface area (TPSA) is 40.6 Å². The zero-order chi connectivity index (χ0) is 21.6. The summed E-state index contributed by atoms with van der Waals surface area (Å²) in [7, 11) is 1.94. The fourth-order valence-corrected chi connectivity index (χ4v) is 4.67. The van der Waals surface area contributed by atoms with E-state index < -0.39 is 11.7 Å². The van der Waals surface area contributed by atoms with Gasteiger partial charge in [-0.1, -0.05) is 36.4 Å². The summed E-state index contributed by atoms with van der Waals surface area (Å²) in [6.07, 6.45) is 3.63. The summed E-state index contributed by atoms with van der Waals surface area (Å²) >= 11 is 0.850. The number of benzene rings is 2. The van der Waals surface area contributed by atoms with Crippen molar-refractivity contribution in [3.8, 4) is 0 Å². The van der Waals surface area contributed by atoms with Crippen molar-refractivity contribution in [2.45, 2.75) is 32.9 Å². The van der Waals surface area contributed by atoms with Crippen LogP contribution in [-0.4, -0.2) is 28.6 Å². The van der Waals surface area contributed by atoms with Gasteiger partial charge >= 0.3 is 0 Å². The van der Waals surface area contributed by atoms with E-state index >= 15 is 0 Å². The fourth-order valence-electron chi connectivity index (χ4n) is 3.84. The molecule has 1 saturated heterocycles. The number of rotatable bonds is 3. The molecule has 4 nitrogen and oxygen atoms in total. The van der Waals surface area contributed by atoms with E-state index in [1.165, 1.54) is 17.0 Å². The van der Waals surface area contributed by atoms with E-state index in [1.807, 2.05) is 49.2 Å². The van der Waals surface area contributed by atoms with Gasteiger partial charge in [0.05, 0.1) is 17.0 Å². The number of allylic oxidation sites excluding steroid dienone is 1. The number of fused-ring (bicyclic) bond motifs is 1. The van der Waals surface area contributed by atoms with Crippen LogP contribution in [0.4, 0.5) is 14.9 Å². The standard InChI is InChI=1S/C24H23FN2O2S/c1-15-13-24(2,3)26(4)20-12-19(25)17(10-18(15)20)11-21-22(28)27(23(29)30-21)14-16-8-6-5-7-9-16/h5-13H,14H2,1-4H3/b21-11+. The zero-order valence-electron chi connectivity index (χ0n) is 17.4. The Morgan fingerprint density at radius 3 is 2.53 bits per heavy atom. The molecule has 2 aliphatic heterocycles. The first-order chi connectivity index (χ1) is 14.2. The van der Waals surface area contributed by atoms with Gasteiger partial charge in [0.1, 0.15) is 5.82 Å². The van der Waals surface area contributed by atoms with Crippen LogP contribution in [0.25, 0.3) is 11.6 Å². The van der Waals surface area contributed by atoms with Crippen LogP contribution in [-0.2, 0) is 11.3 Å². The van der Waals surface area contributed by atoms with E-state index in [0.29, 0.717) is 5.56 Å². The Balaban J connectivity index is 1.67. The van der Waals surface area contributed by atoms with Crippen LogP contribution >= 0.6 is 11.8 Å². The molecule has 0 spiro atoms. The molecular formula is C24H23FN2O2S. The molecule has 4 rings (SSSR count). The van der Waals surface area contributed by atoms with Crippen molar-refractivity contribution in [1.29, 1.82) is 0 Å². The van der Waals surface area contributed by atoms with Crippen LogP contribution in [0.15, 0.2) is 53.4 Å². The molecule has 154 valence electrons. The lowest BCUT2D eigenvalue weighted by atomic mass is 9.88. The van der Waals surface area contributed by atoms with Gasteiger partial charge in [-0.05, 0) is 61.9 Å². The number of anilines is 1. The summed E-state index contributed by atoms with van der Waals surface area (Å²) in [5, 5.41) is -0.342. The molecule has 2 heterocycles. The van der Waals surface area contributed by atoms with Gasteiger partial charge in [0.2, 0.25) is 0 Å². The number of thioether (sulfide) groups is 1. The third kappa shape index (κ3) is 3.56. The van der Waals surface area contributed by atoms with Crippen molar-refractivity contribution < 1.29 is 14.0 Å². The van der Waals surface area contributed by atoms with Gasteiger partial charge in [0.25, 0.3) is 11.1 Å². The minimum Gasteiger partial charge on any atom is -0.365 e. The van der Waals surface area contributed by atoms with Crippen molar-refractivity contribution in [3.05, 3.63) is 76.0 Å². The highest BCUT2D eigenvalue weighted by Crippen LogP contribution is 2.40. The van der Waals surface area contributed by atoms with Crippen molar-refractivity contribution in [2.75, 3.05) is 11.9 Å². The molecule has 0 N–H and O–H groups in total. The van der Waals surface area contributed by atoms with Crippen LogP contribution < -0.4 is 4.90 Å². The Hall–Kier alpha value is -2.86. The number of imide groups is 1. The highest BCUT2D eigenvalue weighted by molar-refractivity contribution is 8.18. The summed E-state index contributed by atoms with van der Waals surface area (Å²) in [4.78, 5) is 28.7. The van der Waals surface area contributed by atoms with Crippen molar-refractivity contribution in [1.82, 2.24) is 4.90 Å². The average molecular weight is 423 g/mol. The van der Waals surface area contributed by atoms with E-state index in [-0.39, 0.29) is 22.2 Å². The van der Waals surface area contributed by atoms with E-state index in [9.17, 15) is 14.0 Å². The first-order valence-electron chi connectivity index (χ1n) is 9.74. The molecule has 0 atom stereocenters. The summed E-state index contributed by atoms with van der Waals surface area (Å²) in [5.74, 6) is -0.808. The maximum atomic E-state index is 14.9. The molecule has 0 saturated carbocycles. The van der Waals surface area contributed by atoms with Gasteiger partial charge in [0.15, 0.2) is 0 Å². The molecule has 2 aromatic carbocycles. The van der Waals surface area contributed by atoms with Crippen LogP contribution in [0.2, 0.25) is 0 Å². The lowest BCUT2D eigenvalue weighted by Crippen LogP contribution is -2.42. The normalized spacial score (nSPS) is 19.4. The Morgan fingerprint density at radius 2 is 1.83 bits per heavy atom. The maximum Gasteiger partial charge on any atom is 0.293 e. The lowest BCUT2D eigenvalue weighted by Gasteiger charge is -2.40. The summed E-state index contributed by atoms with van der Waals surface area (Å²) in [6.45, 7) is 6.36. The number of halogens is 1. The third-order valence-electron chi connectivity index (χ3n) is 5.68. The Kier molecular flexibility index (Phi) is 5.06. The van der Waals surface area contributed by atoms with Crippen molar-refractivity contribution in [2.24, 2.45) is 0 Å². The minimum absolute atomic E-state index is 0.206. The van der Waals surface area contributed by atoms with Gasteiger partial charge in [-0.2, -0.15) is 0 Å². The molecule has 2 aliphatic rings. The molecule has 0 aliphatic carbocycles. The molecule has 0 bridgehead atoms. The third-order valence-corrected chi connectivity index (χ3v) is 6.59. The smallest absolute Gasteiger partial charge is 0.293 e. The van der Waals surface area contributed by atoms with Crippen molar-refractivity contribution >= 4 is 40.2 Å². The quantitative estimate of drug-likeness (QED) is 0.596. The summed E-state index contributed by atoms with van der Waals surface area (Å²) < 4.78 is 14.9. The number of likely N-dealkylation sites (N-methyl/N-ethyl adjacent to an activating group) is 1. The molecule has 30 heavy (non-hydrogen) atoms. The number of carbonyl (C=O) groups excluding carboxylic acids is 2. The Bertz CT molecular complexity index is 1110. The molecule has 0 radical (unpaired) electrons. The number of nitrogens with zero attached hydrogens (tertiary/aromatic N) is 2. The number of carbonyl (C=O) groups is 2. The van der Waals surface area contributed by atoms with Gasteiger partial charge in [-0.25, -0.2) is 4.39 Å². The number of hydrogen-bond donors (Lipinski definition) is 0. The number of hydrogen-bond acceptors (Lipinski definition) is 4. The highest BCUT2D eigenvalue weighted by atomic mass is 32.2. The molecule has 0 aromatic heterocycles. The van der Waals surface area contributed by atoms with Crippen LogP contribution in [0.5, 0.6) is 0 Å². The Morgan fingerprint density at radius 1 is 1.13 bits per heavy atom. The van der Waals surface area contributed by atoms with Crippen LogP contribution in [0.3, 0.4) is 0 Å². The predicted molar refractivity (Wildman–Crippen MR) is 120 cm³/mol. The number of amides is 2. The second-order valence-corrected chi connectivity index (χ2v) is 9.18. The molecule has 1 fully saturated rings. The van der Waals surface area contributed by atoms with E-state index in [2.05, 4.69) is 19.9 Å². The van der Waals surface area contributed by atoms with Crippen molar-refractivity contribution in [3.63, 3.8) is 0 Å². The zero-order valence-corrected chi connectivity index (χ0v) is 18.2. The van der Waals surface area contributed by atoms with Gasteiger partial charge in [-0.15, -0.1) is 0 Å². The first kappa shape index (κ1) is 20.4. The first-order valence-corrected chi connectivity index (χ1v) is 10.6. The van der Waals surface area contributed by atoms with Gasteiger partial charge in [0, 0.05) is 23.9 Å². The van der Waals surface area contributed by atoms with E-state index in [4.69, 9.17) is 0 Å². The molecule has 2 amide bonds. The summed E-state index contributed by atoms with van der Waals surface area (Å²) in [5.41, 5.74) is 3.75. The second-order valence-electron chi connectivity index (χ2n) is 8.18. The molecular weight excluding hydrogens is 399 g/mol. The lowest BCUT2D eigenvalue weighted by molar-refractivity contribution is -0.123. The summed E-state index contributed by atoms with van der Waals surface area (Å²) in [6, 6.07) is 12.6. The molecule has 6 heteroatoms. The molecule has 2 aromatic rings. The maximum absolute atomic E-state index is 14.9. The predicted octanol–water partition coefficient (Wildman–Crippen LogP) is 5.69. The monoisotopic (exact) mass is 422 g/mol. The van der Waals surface area contributed by atoms with Gasteiger partial charge < -0.3 is 4.90 Å². The van der Waals surface area contributed by atoms with Crippen LogP contribution in [0.1, 0.15) is 37.5 Å². The molecule has 0 unspecified atom stereocenters. The fraction of sp³-hybridized carbons (Fsp3) is 0.250. The largest absolute Gasteiger partial charge is 0.365 e. The average Bonchev–Trinajstić information content (AvgIpc) is 2.95. The van der Waals surface area contributed by atoms with Crippen LogP contribution in [0, 0.1) is 5.82 Å².